The van der Waals surface area contributed by atoms with Gasteiger partial charge in [0.25, 0.3) is 0 Å². The fourth-order valence-corrected chi connectivity index (χ4v) is 3.04. The fourth-order valence-electron chi connectivity index (χ4n) is 3.04. The van der Waals surface area contributed by atoms with E-state index in [1.165, 1.54) is 0 Å². The average Bonchev–Trinajstić information content (AvgIpc) is 2.98. The smallest absolute Gasteiger partial charge is 0.239 e. The molecule has 1 saturated heterocycles. The van der Waals surface area contributed by atoms with E-state index >= 15 is 0 Å². The molecule has 0 aliphatic carbocycles. The van der Waals surface area contributed by atoms with Crippen LogP contribution in [-0.2, 0) is 11.3 Å². The number of nitrogens with zero attached hydrogens (tertiary/aromatic N) is 5. The van der Waals surface area contributed by atoms with Crippen LogP contribution in [0, 0.1) is 0 Å². The van der Waals surface area contributed by atoms with Crippen LogP contribution in [0.25, 0.3) is 0 Å². The van der Waals surface area contributed by atoms with Gasteiger partial charge < -0.3 is 4.90 Å². The highest BCUT2D eigenvalue weighted by molar-refractivity contribution is 5.82. The molecule has 1 fully saturated rings. The van der Waals surface area contributed by atoms with Crippen molar-refractivity contribution in [2.45, 2.75) is 38.4 Å². The van der Waals surface area contributed by atoms with Crippen LogP contribution in [0.2, 0.25) is 0 Å². The lowest BCUT2D eigenvalue weighted by Crippen LogP contribution is -2.46. The fraction of sp³-hybridized carbons (Fsp3) is 0.688. The topological polar surface area (TPSA) is 52.6 Å². The summed E-state index contributed by atoms with van der Waals surface area (Å²) in [5.41, 5.74) is 0. The van der Waals surface area contributed by atoms with Crippen LogP contribution in [-0.4, -0.2) is 76.9 Å². The minimum atomic E-state index is -0.0125. The third kappa shape index (κ3) is 4.01. The molecule has 1 amide bonds. The van der Waals surface area contributed by atoms with Gasteiger partial charge in [-0.25, -0.2) is 9.97 Å². The van der Waals surface area contributed by atoms with Crippen molar-refractivity contribution in [1.29, 1.82) is 0 Å². The van der Waals surface area contributed by atoms with Gasteiger partial charge in [0.05, 0.1) is 12.6 Å². The van der Waals surface area contributed by atoms with Gasteiger partial charge in [-0.15, -0.1) is 0 Å². The molecule has 2 heterocycles. The maximum absolute atomic E-state index is 12.6. The first-order valence-corrected chi connectivity index (χ1v) is 7.94. The summed E-state index contributed by atoms with van der Waals surface area (Å²) in [5.74, 6) is 1.08. The van der Waals surface area contributed by atoms with Crippen LogP contribution in [0.15, 0.2) is 18.5 Å². The number of carbonyl (C=O) groups excluding carboxylic acids is 1. The number of likely N-dealkylation sites (N-methyl/N-ethyl adjacent to an activating group) is 2. The summed E-state index contributed by atoms with van der Waals surface area (Å²) in [6.07, 6.45) is 5.40. The molecule has 1 aliphatic rings. The zero-order chi connectivity index (χ0) is 16.1. The lowest BCUT2D eigenvalue weighted by molar-refractivity contribution is -0.135. The number of hydrogen-bond acceptors (Lipinski definition) is 5. The monoisotopic (exact) mass is 305 g/mol. The maximum Gasteiger partial charge on any atom is 0.239 e. The highest BCUT2D eigenvalue weighted by Crippen LogP contribution is 2.18. The Bertz CT molecular complexity index is 479. The molecule has 0 N–H and O–H groups in total. The second-order valence-electron chi connectivity index (χ2n) is 6.19. The Morgan fingerprint density at radius 2 is 2.05 bits per heavy atom. The molecule has 0 unspecified atom stereocenters. The van der Waals surface area contributed by atoms with Crippen LogP contribution in [0.1, 0.15) is 25.6 Å². The summed E-state index contributed by atoms with van der Waals surface area (Å²) in [7, 11) is 6.02. The van der Waals surface area contributed by atoms with E-state index in [9.17, 15) is 4.79 Å². The first kappa shape index (κ1) is 16.8. The second-order valence-corrected chi connectivity index (χ2v) is 6.19. The Balaban J connectivity index is 1.90. The average molecular weight is 305 g/mol. The number of rotatable bonds is 6. The van der Waals surface area contributed by atoms with Crippen molar-refractivity contribution in [3.05, 3.63) is 24.3 Å². The SMILES string of the molecule is CC[C@H](C(=O)N1CC[C@H](N(C)Cc2ncccn2)C1)N(C)C. The normalized spacial score (nSPS) is 19.9. The number of amides is 1. The van der Waals surface area contributed by atoms with E-state index in [1.54, 1.807) is 12.4 Å². The molecule has 1 aliphatic heterocycles. The van der Waals surface area contributed by atoms with Crippen molar-refractivity contribution < 1.29 is 4.79 Å². The van der Waals surface area contributed by atoms with Gasteiger partial charge >= 0.3 is 0 Å². The molecule has 0 spiro atoms. The quantitative estimate of drug-likeness (QED) is 0.780. The summed E-state index contributed by atoms with van der Waals surface area (Å²) in [4.78, 5) is 27.4. The lowest BCUT2D eigenvalue weighted by atomic mass is 10.2. The first-order chi connectivity index (χ1) is 10.5. The van der Waals surface area contributed by atoms with Gasteiger partial charge in [-0.3, -0.25) is 14.6 Å². The molecule has 0 radical (unpaired) electrons. The van der Waals surface area contributed by atoms with E-state index in [1.807, 2.05) is 30.0 Å². The predicted octanol–water partition coefficient (Wildman–Crippen LogP) is 0.849. The van der Waals surface area contributed by atoms with Gasteiger partial charge in [0.1, 0.15) is 5.82 Å². The highest BCUT2D eigenvalue weighted by atomic mass is 16.2. The van der Waals surface area contributed by atoms with Crippen LogP contribution in [0.5, 0.6) is 0 Å². The molecular formula is C16H27N5O. The molecular weight excluding hydrogens is 278 g/mol. The summed E-state index contributed by atoms with van der Waals surface area (Å²) < 4.78 is 0. The van der Waals surface area contributed by atoms with Crippen molar-refractivity contribution >= 4 is 5.91 Å². The van der Waals surface area contributed by atoms with E-state index in [4.69, 9.17) is 0 Å². The van der Waals surface area contributed by atoms with Gasteiger partial charge in [-0.1, -0.05) is 6.92 Å². The molecule has 6 heteroatoms. The minimum Gasteiger partial charge on any atom is -0.340 e. The van der Waals surface area contributed by atoms with Crippen LogP contribution >= 0.6 is 0 Å². The molecule has 0 bridgehead atoms. The van der Waals surface area contributed by atoms with Crippen molar-refractivity contribution in [3.63, 3.8) is 0 Å². The van der Waals surface area contributed by atoms with E-state index in [-0.39, 0.29) is 11.9 Å². The van der Waals surface area contributed by atoms with Crippen molar-refractivity contribution in [3.8, 4) is 0 Å². The van der Waals surface area contributed by atoms with E-state index in [2.05, 4.69) is 28.8 Å². The van der Waals surface area contributed by atoms with E-state index in [0.717, 1.165) is 38.3 Å². The molecule has 2 atom stereocenters. The van der Waals surface area contributed by atoms with Gasteiger partial charge in [-0.2, -0.15) is 0 Å². The highest BCUT2D eigenvalue weighted by Gasteiger charge is 2.32. The zero-order valence-electron chi connectivity index (χ0n) is 14.1. The van der Waals surface area contributed by atoms with Gasteiger partial charge in [-0.05, 0) is 40.1 Å². The minimum absolute atomic E-state index is 0.0125. The van der Waals surface area contributed by atoms with Crippen molar-refractivity contribution in [1.82, 2.24) is 24.7 Å². The van der Waals surface area contributed by atoms with Crippen molar-refractivity contribution in [2.24, 2.45) is 0 Å². The summed E-state index contributed by atoms with van der Waals surface area (Å²) in [6, 6.07) is 2.19. The van der Waals surface area contributed by atoms with Crippen LogP contribution in [0.3, 0.4) is 0 Å². The molecule has 1 aromatic rings. The molecule has 6 nitrogen and oxygen atoms in total. The molecule has 0 aromatic carbocycles. The van der Waals surface area contributed by atoms with E-state index in [0.29, 0.717) is 6.04 Å². The largest absolute Gasteiger partial charge is 0.340 e. The number of aromatic nitrogens is 2. The third-order valence-electron chi connectivity index (χ3n) is 4.40. The Labute approximate surface area is 133 Å². The Hall–Kier alpha value is -1.53. The van der Waals surface area contributed by atoms with E-state index < -0.39 is 0 Å². The van der Waals surface area contributed by atoms with Gasteiger partial charge in [0.2, 0.25) is 5.91 Å². The van der Waals surface area contributed by atoms with Gasteiger partial charge in [0, 0.05) is 31.5 Å². The Morgan fingerprint density at radius 3 is 2.64 bits per heavy atom. The Kier molecular flexibility index (Phi) is 5.85. The molecule has 2 rings (SSSR count). The van der Waals surface area contributed by atoms with Crippen LogP contribution < -0.4 is 0 Å². The zero-order valence-corrected chi connectivity index (χ0v) is 14.1. The number of likely N-dealkylation sites (tertiary alicyclic amines) is 1. The summed E-state index contributed by atoms with van der Waals surface area (Å²) in [5, 5.41) is 0. The number of carbonyl (C=O) groups is 1. The molecule has 0 saturated carbocycles. The molecule has 1 aromatic heterocycles. The van der Waals surface area contributed by atoms with Crippen molar-refractivity contribution in [2.75, 3.05) is 34.2 Å². The molecule has 22 heavy (non-hydrogen) atoms. The molecule has 122 valence electrons. The van der Waals surface area contributed by atoms with Crippen LogP contribution in [0.4, 0.5) is 0 Å². The standard InChI is InChI=1S/C16H27N5O/c1-5-14(19(2)3)16(22)21-10-7-13(11-21)20(4)12-15-17-8-6-9-18-15/h6,8-9,13-14H,5,7,10-12H2,1-4H3/t13-,14+/m0/s1. The Morgan fingerprint density at radius 1 is 1.36 bits per heavy atom. The maximum atomic E-state index is 12.6. The second kappa shape index (κ2) is 7.65. The number of hydrogen-bond donors (Lipinski definition) is 0. The summed E-state index contributed by atoms with van der Waals surface area (Å²) >= 11 is 0. The third-order valence-corrected chi connectivity index (χ3v) is 4.40. The lowest BCUT2D eigenvalue weighted by Gasteiger charge is -2.28. The predicted molar refractivity (Wildman–Crippen MR) is 86.3 cm³/mol. The van der Waals surface area contributed by atoms with Gasteiger partial charge in [0.15, 0.2) is 0 Å². The summed E-state index contributed by atoms with van der Waals surface area (Å²) in [6.45, 7) is 4.42. The first-order valence-electron chi connectivity index (χ1n) is 7.94.